The molecule has 0 heterocycles. The normalized spacial score (nSPS) is 12.3. The van der Waals surface area contributed by atoms with Crippen molar-refractivity contribution >= 4 is 63.5 Å². The third-order valence-corrected chi connectivity index (χ3v) is 4.81. The van der Waals surface area contributed by atoms with Gasteiger partial charge in [-0.15, -0.1) is 0 Å². The van der Waals surface area contributed by atoms with Crippen LogP contribution in [0.15, 0.2) is 89.1 Å². The molecule has 0 saturated carbocycles. The summed E-state index contributed by atoms with van der Waals surface area (Å²) in [5.41, 5.74) is 1.93. The maximum atomic E-state index is 12.5. The minimum Gasteiger partial charge on any atom is -0.362 e. The zero-order valence-electron chi connectivity index (χ0n) is 16.3. The lowest BCUT2D eigenvalue weighted by atomic mass is 10.2. The molecule has 0 saturated heterocycles. The summed E-state index contributed by atoms with van der Waals surface area (Å²) in [6.45, 7) is 0. The minimum absolute atomic E-state index is 0.137. The lowest BCUT2D eigenvalue weighted by Crippen LogP contribution is -2.49. The Bertz CT molecular complexity index is 1100. The number of nitro groups is 1. The standard InChI is InChI=1S/C21H16Cl3N5O3/c22-21(23,24)20(26-19(30)14-6-12-18(13-7-14)29(31)32)25-15-8-10-17(11-9-15)28-27-16-4-2-1-3-5-16/h1-13,20,25H,(H,26,30)/t20-/m0/s1. The number of hydrogen-bond acceptors (Lipinski definition) is 6. The molecule has 0 aromatic heterocycles. The van der Waals surface area contributed by atoms with E-state index in [4.69, 9.17) is 34.8 Å². The topological polar surface area (TPSA) is 109 Å². The van der Waals surface area contributed by atoms with Gasteiger partial charge in [-0.1, -0.05) is 53.0 Å². The molecular formula is C21H16Cl3N5O3. The molecule has 0 fully saturated rings. The highest BCUT2D eigenvalue weighted by atomic mass is 35.6. The van der Waals surface area contributed by atoms with E-state index in [1.807, 2.05) is 30.3 Å². The molecule has 32 heavy (non-hydrogen) atoms. The zero-order valence-corrected chi connectivity index (χ0v) is 18.6. The number of nitrogens with one attached hydrogen (secondary N) is 2. The van der Waals surface area contributed by atoms with Crippen LogP contribution in [0, 0.1) is 10.1 Å². The highest BCUT2D eigenvalue weighted by Crippen LogP contribution is 2.32. The Hall–Kier alpha value is -3.20. The first-order chi connectivity index (χ1) is 15.2. The number of carbonyl (C=O) groups excluding carboxylic acids is 1. The van der Waals surface area contributed by atoms with Crippen LogP contribution in [-0.2, 0) is 0 Å². The summed E-state index contributed by atoms with van der Waals surface area (Å²) >= 11 is 18.1. The van der Waals surface area contributed by atoms with Crippen molar-refractivity contribution < 1.29 is 9.72 Å². The van der Waals surface area contributed by atoms with Crippen molar-refractivity contribution in [1.29, 1.82) is 0 Å². The van der Waals surface area contributed by atoms with Crippen LogP contribution in [-0.4, -0.2) is 20.8 Å². The molecule has 0 aliphatic heterocycles. The number of nitrogens with zero attached hydrogens (tertiary/aromatic N) is 3. The van der Waals surface area contributed by atoms with E-state index in [0.29, 0.717) is 11.4 Å². The second-order valence-corrected chi connectivity index (χ2v) is 8.85. The van der Waals surface area contributed by atoms with E-state index in [1.165, 1.54) is 24.3 Å². The Morgan fingerprint density at radius 3 is 1.97 bits per heavy atom. The molecule has 11 heteroatoms. The van der Waals surface area contributed by atoms with Crippen LogP contribution in [0.25, 0.3) is 0 Å². The Labute approximate surface area is 198 Å². The summed E-state index contributed by atoms with van der Waals surface area (Å²) in [5, 5.41) is 24.6. The van der Waals surface area contributed by atoms with Crippen LogP contribution >= 0.6 is 34.8 Å². The number of non-ortho nitro benzene ring substituents is 1. The highest BCUT2D eigenvalue weighted by molar-refractivity contribution is 6.68. The summed E-state index contributed by atoms with van der Waals surface area (Å²) in [6, 6.07) is 21.2. The first-order valence-corrected chi connectivity index (χ1v) is 10.3. The number of nitro benzene ring substituents is 1. The molecule has 8 nitrogen and oxygen atoms in total. The van der Waals surface area contributed by atoms with Gasteiger partial charge in [0.05, 0.1) is 16.3 Å². The van der Waals surface area contributed by atoms with Crippen LogP contribution in [0.2, 0.25) is 0 Å². The van der Waals surface area contributed by atoms with Crippen molar-refractivity contribution in [3.8, 4) is 0 Å². The monoisotopic (exact) mass is 491 g/mol. The summed E-state index contributed by atoms with van der Waals surface area (Å²) in [5.74, 6) is -0.572. The molecule has 0 aliphatic rings. The number of anilines is 1. The SMILES string of the molecule is O=C(N[C@H](Nc1ccc(N=Nc2ccccc2)cc1)C(Cl)(Cl)Cl)c1ccc([N+](=O)[O-])cc1. The van der Waals surface area contributed by atoms with E-state index >= 15 is 0 Å². The van der Waals surface area contributed by atoms with Crippen molar-refractivity contribution in [2.45, 2.75) is 9.96 Å². The number of benzene rings is 3. The van der Waals surface area contributed by atoms with Crippen molar-refractivity contribution in [2.24, 2.45) is 10.2 Å². The molecule has 0 radical (unpaired) electrons. The lowest BCUT2D eigenvalue weighted by molar-refractivity contribution is -0.384. The third kappa shape index (κ3) is 6.65. The number of halogens is 3. The van der Waals surface area contributed by atoms with Gasteiger partial charge in [0, 0.05) is 23.4 Å². The molecular weight excluding hydrogens is 477 g/mol. The van der Waals surface area contributed by atoms with E-state index in [0.717, 1.165) is 5.69 Å². The van der Waals surface area contributed by atoms with Crippen LogP contribution in [0.1, 0.15) is 10.4 Å². The van der Waals surface area contributed by atoms with Crippen molar-refractivity contribution in [2.75, 3.05) is 5.32 Å². The lowest BCUT2D eigenvalue weighted by Gasteiger charge is -2.27. The van der Waals surface area contributed by atoms with Crippen LogP contribution < -0.4 is 10.6 Å². The fourth-order valence-corrected chi connectivity index (χ4v) is 2.88. The fraction of sp³-hybridized carbons (Fsp3) is 0.0952. The molecule has 164 valence electrons. The summed E-state index contributed by atoms with van der Waals surface area (Å²) in [6.07, 6.45) is -1.09. The van der Waals surface area contributed by atoms with Gasteiger partial charge in [-0.3, -0.25) is 14.9 Å². The fourth-order valence-electron chi connectivity index (χ4n) is 2.55. The quantitative estimate of drug-likeness (QED) is 0.128. The van der Waals surface area contributed by atoms with Crippen LogP contribution in [0.3, 0.4) is 0 Å². The first-order valence-electron chi connectivity index (χ1n) is 9.18. The highest BCUT2D eigenvalue weighted by Gasteiger charge is 2.34. The molecule has 0 bridgehead atoms. The number of alkyl halides is 3. The Morgan fingerprint density at radius 2 is 1.44 bits per heavy atom. The number of azo groups is 1. The van der Waals surface area contributed by atoms with E-state index in [2.05, 4.69) is 20.9 Å². The number of hydrogen-bond donors (Lipinski definition) is 2. The average Bonchev–Trinajstić information content (AvgIpc) is 2.78. The Balaban J connectivity index is 1.68. The van der Waals surface area contributed by atoms with Gasteiger partial charge in [0.25, 0.3) is 11.6 Å². The molecule has 0 spiro atoms. The smallest absolute Gasteiger partial charge is 0.269 e. The maximum Gasteiger partial charge on any atom is 0.269 e. The van der Waals surface area contributed by atoms with Gasteiger partial charge in [0.2, 0.25) is 3.79 Å². The van der Waals surface area contributed by atoms with Crippen LogP contribution in [0.5, 0.6) is 0 Å². The predicted molar refractivity (Wildman–Crippen MR) is 125 cm³/mol. The van der Waals surface area contributed by atoms with E-state index in [-0.39, 0.29) is 11.3 Å². The van der Waals surface area contributed by atoms with E-state index < -0.39 is 20.8 Å². The minimum atomic E-state index is -1.89. The Morgan fingerprint density at radius 1 is 0.875 bits per heavy atom. The predicted octanol–water partition coefficient (Wildman–Crippen LogP) is 6.55. The van der Waals surface area contributed by atoms with Gasteiger partial charge in [-0.25, -0.2) is 0 Å². The maximum absolute atomic E-state index is 12.5. The second-order valence-electron chi connectivity index (χ2n) is 6.48. The number of amides is 1. The first kappa shape index (κ1) is 23.5. The van der Waals surface area contributed by atoms with Crippen molar-refractivity contribution in [1.82, 2.24) is 5.32 Å². The summed E-state index contributed by atoms with van der Waals surface area (Å²) in [7, 11) is 0. The molecule has 3 aromatic carbocycles. The van der Waals surface area contributed by atoms with Crippen LogP contribution in [0.4, 0.5) is 22.7 Å². The Kier molecular flexibility index (Phi) is 7.63. The van der Waals surface area contributed by atoms with Gasteiger partial charge in [-0.05, 0) is 48.5 Å². The molecule has 3 rings (SSSR count). The molecule has 1 atom stereocenters. The van der Waals surface area contributed by atoms with Gasteiger partial charge < -0.3 is 10.6 Å². The van der Waals surface area contributed by atoms with Gasteiger partial charge in [0.1, 0.15) is 6.17 Å². The zero-order chi connectivity index (χ0) is 23.1. The summed E-state index contributed by atoms with van der Waals surface area (Å²) in [4.78, 5) is 22.7. The molecule has 1 amide bonds. The summed E-state index contributed by atoms with van der Waals surface area (Å²) < 4.78 is -1.89. The van der Waals surface area contributed by atoms with Gasteiger partial charge >= 0.3 is 0 Å². The van der Waals surface area contributed by atoms with Crippen molar-refractivity contribution in [3.05, 3.63) is 94.5 Å². The molecule has 0 unspecified atom stereocenters. The number of rotatable bonds is 7. The van der Waals surface area contributed by atoms with E-state index in [9.17, 15) is 14.9 Å². The molecule has 0 aliphatic carbocycles. The van der Waals surface area contributed by atoms with Gasteiger partial charge in [0.15, 0.2) is 0 Å². The van der Waals surface area contributed by atoms with Gasteiger partial charge in [-0.2, -0.15) is 10.2 Å². The van der Waals surface area contributed by atoms with Crippen molar-refractivity contribution in [3.63, 3.8) is 0 Å². The molecule has 3 aromatic rings. The number of carbonyl (C=O) groups is 1. The largest absolute Gasteiger partial charge is 0.362 e. The molecule has 2 N–H and O–H groups in total. The van der Waals surface area contributed by atoms with E-state index in [1.54, 1.807) is 24.3 Å². The average molecular weight is 493 g/mol. The second kappa shape index (κ2) is 10.4. The third-order valence-electron chi connectivity index (χ3n) is 4.16.